The van der Waals surface area contributed by atoms with Gasteiger partial charge in [-0.2, -0.15) is 0 Å². The third-order valence-corrected chi connectivity index (χ3v) is 6.62. The maximum absolute atomic E-state index is 11.7. The fourth-order valence-corrected chi connectivity index (χ4v) is 4.79. The van der Waals surface area contributed by atoms with Gasteiger partial charge in [-0.3, -0.25) is 4.79 Å². The van der Waals surface area contributed by atoms with Crippen LogP contribution in [0.4, 0.5) is 0 Å². The fourth-order valence-electron chi connectivity index (χ4n) is 3.87. The van der Waals surface area contributed by atoms with Crippen molar-refractivity contribution in [1.82, 2.24) is 15.6 Å². The normalized spacial score (nSPS) is 12.2. The van der Waals surface area contributed by atoms with E-state index in [4.69, 9.17) is 4.74 Å². The summed E-state index contributed by atoms with van der Waals surface area (Å²) in [5, 5.41) is 27.3. The molecule has 178 valence electrons. The molecule has 7 nitrogen and oxygen atoms in total. The van der Waals surface area contributed by atoms with E-state index in [9.17, 15) is 15.0 Å². The van der Waals surface area contributed by atoms with Gasteiger partial charge in [0.05, 0.1) is 17.9 Å². The van der Waals surface area contributed by atoms with Gasteiger partial charge in [-0.1, -0.05) is 53.8 Å². The minimum Gasteiger partial charge on any atom is -0.506 e. The average Bonchev–Trinajstić information content (AvgIpc) is 3.25. The Bertz CT molecular complexity index is 1280. The minimum absolute atomic E-state index is 0.00984. The first-order chi connectivity index (χ1) is 16.5. The molecule has 1 unspecified atom stereocenters. The van der Waals surface area contributed by atoms with E-state index in [1.165, 1.54) is 22.8 Å². The Morgan fingerprint density at radius 2 is 1.76 bits per heavy atom. The van der Waals surface area contributed by atoms with Crippen LogP contribution in [0.2, 0.25) is 0 Å². The third kappa shape index (κ3) is 6.03. The van der Waals surface area contributed by atoms with Gasteiger partial charge >= 0.3 is 4.87 Å². The Hall–Kier alpha value is -3.17. The predicted molar refractivity (Wildman–Crippen MR) is 136 cm³/mol. The van der Waals surface area contributed by atoms with Crippen LogP contribution in [0.5, 0.6) is 11.5 Å². The lowest BCUT2D eigenvalue weighted by Crippen LogP contribution is -2.24. The zero-order valence-corrected chi connectivity index (χ0v) is 19.8. The number of aromatic amines is 1. The molecule has 0 aliphatic heterocycles. The van der Waals surface area contributed by atoms with Crippen LogP contribution in [0.1, 0.15) is 28.4 Å². The van der Waals surface area contributed by atoms with E-state index in [1.807, 2.05) is 12.1 Å². The predicted octanol–water partition coefficient (Wildman–Crippen LogP) is 3.46. The first-order valence-electron chi connectivity index (χ1n) is 11.2. The summed E-state index contributed by atoms with van der Waals surface area (Å²) in [7, 11) is 1.67. The van der Waals surface area contributed by atoms with Crippen molar-refractivity contribution in [1.29, 1.82) is 0 Å². The molecule has 1 aromatic heterocycles. The largest absolute Gasteiger partial charge is 0.506 e. The van der Waals surface area contributed by atoms with Crippen LogP contribution >= 0.6 is 11.3 Å². The number of rotatable bonds is 11. The van der Waals surface area contributed by atoms with E-state index in [0.29, 0.717) is 28.9 Å². The van der Waals surface area contributed by atoms with Gasteiger partial charge in [0.15, 0.2) is 0 Å². The summed E-state index contributed by atoms with van der Waals surface area (Å²) in [6.07, 6.45) is 0.0599. The van der Waals surface area contributed by atoms with Crippen LogP contribution < -0.4 is 20.2 Å². The number of nitrogens with one attached hydrogen (secondary N) is 3. The Morgan fingerprint density at radius 1 is 1.00 bits per heavy atom. The van der Waals surface area contributed by atoms with Crippen molar-refractivity contribution in [2.24, 2.45) is 0 Å². The van der Waals surface area contributed by atoms with Gasteiger partial charge < -0.3 is 30.6 Å². The number of aliphatic hydroxyl groups is 1. The first-order valence-corrected chi connectivity index (χ1v) is 12.0. The van der Waals surface area contributed by atoms with E-state index >= 15 is 0 Å². The monoisotopic (exact) mass is 479 g/mol. The summed E-state index contributed by atoms with van der Waals surface area (Å²) < 4.78 is 5.79. The van der Waals surface area contributed by atoms with E-state index in [1.54, 1.807) is 13.2 Å². The number of phenolic OH excluding ortho intramolecular Hbond substituents is 1. The first kappa shape index (κ1) is 24.0. The van der Waals surface area contributed by atoms with Gasteiger partial charge in [-0.15, -0.1) is 0 Å². The number of aliphatic hydroxyl groups excluding tert-OH is 1. The van der Waals surface area contributed by atoms with Gasteiger partial charge in [0.25, 0.3) is 0 Å². The van der Waals surface area contributed by atoms with E-state index < -0.39 is 6.10 Å². The van der Waals surface area contributed by atoms with E-state index in [-0.39, 0.29) is 10.6 Å². The number of aromatic nitrogens is 1. The summed E-state index contributed by atoms with van der Waals surface area (Å²) in [5.74, 6) is 0.867. The average molecular weight is 480 g/mol. The lowest BCUT2D eigenvalue weighted by Gasteiger charge is -2.14. The highest BCUT2D eigenvalue weighted by atomic mass is 32.1. The Morgan fingerprint density at radius 3 is 2.56 bits per heavy atom. The molecular weight excluding hydrogens is 450 g/mol. The molecule has 1 heterocycles. The molecule has 0 aliphatic rings. The van der Waals surface area contributed by atoms with Crippen LogP contribution in [-0.2, 0) is 19.5 Å². The lowest BCUT2D eigenvalue weighted by atomic mass is 10.1. The molecule has 0 spiro atoms. The van der Waals surface area contributed by atoms with Crippen molar-refractivity contribution < 1.29 is 14.9 Å². The molecule has 0 aliphatic carbocycles. The van der Waals surface area contributed by atoms with Gasteiger partial charge in [0.2, 0.25) is 0 Å². The molecule has 0 radical (unpaired) electrons. The number of benzene rings is 3. The van der Waals surface area contributed by atoms with Crippen LogP contribution in [0.25, 0.3) is 10.2 Å². The fraction of sp³-hybridized carbons (Fsp3) is 0.269. The highest BCUT2D eigenvalue weighted by Crippen LogP contribution is 2.31. The quantitative estimate of drug-likeness (QED) is 0.211. The maximum atomic E-state index is 11.7. The zero-order valence-electron chi connectivity index (χ0n) is 19.0. The van der Waals surface area contributed by atoms with Crippen LogP contribution in [-0.4, -0.2) is 35.4 Å². The smallest absolute Gasteiger partial charge is 0.305 e. The molecule has 0 amide bonds. The summed E-state index contributed by atoms with van der Waals surface area (Å²) in [5.41, 5.74) is 4.66. The molecule has 34 heavy (non-hydrogen) atoms. The van der Waals surface area contributed by atoms with Gasteiger partial charge in [-0.25, -0.2) is 0 Å². The number of hydrogen-bond acceptors (Lipinski definition) is 7. The zero-order chi connectivity index (χ0) is 23.9. The standard InChI is InChI=1S/C26H29N3O4S/c1-33-20-7-5-18(6-8-20)14-28-15-19-4-2-3-17(13-19)11-12-27-16-23(31)21-9-10-22(30)24-25(21)34-26(32)29-24/h2-10,13,23,27-28,30-31H,11-12,14-16H2,1H3,(H,29,32). The Labute approximate surface area is 202 Å². The van der Waals surface area contributed by atoms with Gasteiger partial charge in [0.1, 0.15) is 17.0 Å². The summed E-state index contributed by atoms with van der Waals surface area (Å²) >= 11 is 0.995. The molecule has 3 aromatic carbocycles. The van der Waals surface area contributed by atoms with Crippen LogP contribution in [0.3, 0.4) is 0 Å². The highest BCUT2D eigenvalue weighted by molar-refractivity contribution is 7.16. The van der Waals surface area contributed by atoms with Crippen molar-refractivity contribution in [2.75, 3.05) is 20.2 Å². The summed E-state index contributed by atoms with van der Waals surface area (Å²) in [4.78, 5) is 14.0. The number of thiazole rings is 1. The number of hydrogen-bond donors (Lipinski definition) is 5. The number of phenols is 1. The van der Waals surface area contributed by atoms with Crippen molar-refractivity contribution in [3.8, 4) is 11.5 Å². The second-order valence-corrected chi connectivity index (χ2v) is 9.12. The van der Waals surface area contributed by atoms with Crippen molar-refractivity contribution in [3.63, 3.8) is 0 Å². The number of methoxy groups -OCH3 is 1. The lowest BCUT2D eigenvalue weighted by molar-refractivity contribution is 0.176. The Balaban J connectivity index is 1.24. The second kappa shape index (κ2) is 11.3. The second-order valence-electron chi connectivity index (χ2n) is 8.13. The summed E-state index contributed by atoms with van der Waals surface area (Å²) in [6.45, 7) is 2.63. The SMILES string of the molecule is COc1ccc(CNCc2cccc(CCNCC(O)c3ccc(O)c4[nH]c(=O)sc34)c2)cc1. The molecule has 4 rings (SSSR count). The van der Waals surface area contributed by atoms with Crippen molar-refractivity contribution >= 4 is 21.6 Å². The summed E-state index contributed by atoms with van der Waals surface area (Å²) in [6, 6.07) is 19.7. The van der Waals surface area contributed by atoms with Gasteiger partial charge in [-0.05, 0) is 47.9 Å². The number of ether oxygens (including phenoxy) is 1. The number of fused-ring (bicyclic) bond motifs is 1. The molecule has 0 saturated heterocycles. The molecule has 8 heteroatoms. The molecule has 1 atom stereocenters. The molecule has 0 fully saturated rings. The number of H-pyrrole nitrogens is 1. The topological polar surface area (TPSA) is 107 Å². The third-order valence-electron chi connectivity index (χ3n) is 5.68. The molecule has 5 N–H and O–H groups in total. The maximum Gasteiger partial charge on any atom is 0.305 e. The van der Waals surface area contributed by atoms with Crippen LogP contribution in [0.15, 0.2) is 65.5 Å². The highest BCUT2D eigenvalue weighted by Gasteiger charge is 2.15. The van der Waals surface area contributed by atoms with Gasteiger partial charge in [0, 0.05) is 25.2 Å². The molecule has 0 bridgehead atoms. The van der Waals surface area contributed by atoms with E-state index in [2.05, 4.69) is 52.0 Å². The minimum atomic E-state index is -0.775. The number of aromatic hydroxyl groups is 1. The van der Waals surface area contributed by atoms with Crippen LogP contribution in [0, 0.1) is 0 Å². The van der Waals surface area contributed by atoms with Crippen molar-refractivity contribution in [3.05, 3.63) is 92.6 Å². The molecule has 4 aromatic rings. The molecule has 0 saturated carbocycles. The van der Waals surface area contributed by atoms with E-state index in [0.717, 1.165) is 36.6 Å². The molecular formula is C26H29N3O4S. The Kier molecular flexibility index (Phi) is 7.97. The van der Waals surface area contributed by atoms with Crippen molar-refractivity contribution in [2.45, 2.75) is 25.6 Å².